The van der Waals surface area contributed by atoms with Crippen molar-refractivity contribution in [2.45, 2.75) is 32.6 Å². The van der Waals surface area contributed by atoms with E-state index in [2.05, 4.69) is 17.5 Å². The van der Waals surface area contributed by atoms with E-state index in [1.807, 2.05) is 0 Å². The van der Waals surface area contributed by atoms with Crippen LogP contribution in [0.1, 0.15) is 32.6 Å². The molecule has 1 amide bonds. The van der Waals surface area contributed by atoms with Gasteiger partial charge >= 0.3 is 0 Å². The quantitative estimate of drug-likeness (QED) is 0.493. The Balaban J connectivity index is 3.14. The third-order valence-electron chi connectivity index (χ3n) is 1.30. The van der Waals surface area contributed by atoms with E-state index in [-0.39, 0.29) is 11.7 Å². The molecule has 0 radical (unpaired) electrons. The Kier molecular flexibility index (Phi) is 5.93. The number of Topliss-reactive ketones (excluding diaryl/α,β-unsaturated/α-hetero) is 1. The fraction of sp³-hybridized carbons (Fsp3) is 0.714. The number of carbonyl (C=O) groups is 2. The molecule has 0 aliphatic carbocycles. The summed E-state index contributed by atoms with van der Waals surface area (Å²) in [5.41, 5.74) is 0. The predicted octanol–water partition coefficient (Wildman–Crippen LogP) is 0.714. The predicted molar refractivity (Wildman–Crippen MR) is 44.7 cm³/mol. The van der Waals surface area contributed by atoms with E-state index in [1.165, 1.54) is 0 Å². The summed E-state index contributed by atoms with van der Waals surface area (Å²) in [6, 6.07) is 0. The topological polar surface area (TPSA) is 46.2 Å². The van der Waals surface area contributed by atoms with Crippen LogP contribution in [-0.4, -0.2) is 11.7 Å². The van der Waals surface area contributed by atoms with E-state index >= 15 is 0 Å². The first-order chi connectivity index (χ1) is 5.16. The van der Waals surface area contributed by atoms with Gasteiger partial charge in [-0.05, 0) is 19.8 Å². The maximum absolute atomic E-state index is 10.6. The van der Waals surface area contributed by atoms with Crippen molar-refractivity contribution in [1.82, 2.24) is 4.72 Å². The summed E-state index contributed by atoms with van der Waals surface area (Å²) in [7, 11) is 0. The molecule has 0 aromatic heterocycles. The van der Waals surface area contributed by atoms with Gasteiger partial charge in [0.15, 0.2) is 5.91 Å². The van der Waals surface area contributed by atoms with Crippen LogP contribution in [0.3, 0.4) is 0 Å². The molecule has 0 aliphatic rings. The molecule has 0 heterocycles. The maximum atomic E-state index is 10.6. The first-order valence-corrected chi connectivity index (χ1v) is 3.98. The van der Waals surface area contributed by atoms with Crippen LogP contribution in [0.5, 0.6) is 0 Å². The number of ketones is 1. The molecule has 0 unspecified atom stereocenters. The number of carbonyl (C=O) groups excluding carboxylic acids is 2. The van der Waals surface area contributed by atoms with Crippen molar-refractivity contribution in [2.75, 3.05) is 0 Å². The summed E-state index contributed by atoms with van der Waals surface area (Å²) in [5, 5.41) is 0. The van der Waals surface area contributed by atoms with E-state index in [1.54, 1.807) is 6.92 Å². The highest BCUT2D eigenvalue weighted by atomic mass is 32.1. The van der Waals surface area contributed by atoms with Gasteiger partial charge in [0, 0.05) is 12.8 Å². The minimum atomic E-state index is -0.136. The highest BCUT2D eigenvalue weighted by Gasteiger charge is 1.96. The van der Waals surface area contributed by atoms with Crippen LogP contribution < -0.4 is 4.72 Å². The minimum absolute atomic E-state index is 0.136. The van der Waals surface area contributed by atoms with Crippen molar-refractivity contribution in [3.63, 3.8) is 0 Å². The molecular weight excluding hydrogens is 162 g/mol. The molecule has 4 heteroatoms. The molecule has 0 bridgehead atoms. The Morgan fingerprint density at radius 2 is 1.82 bits per heavy atom. The van der Waals surface area contributed by atoms with Gasteiger partial charge in [-0.1, -0.05) is 0 Å². The number of unbranched alkanes of at least 4 members (excludes halogenated alkanes) is 1. The highest BCUT2D eigenvalue weighted by molar-refractivity contribution is 7.57. The average molecular weight is 174 g/mol. The summed E-state index contributed by atoms with van der Waals surface area (Å²) in [4.78, 5) is 21.0. The molecule has 0 saturated heterocycles. The standard InChI is InChI=1S/C7H12NO2S/c1-6(9)4-2-3-5-7(10)8-11/h2-5H2,1H3,(H-,8,10,11)/q-1. The summed E-state index contributed by atoms with van der Waals surface area (Å²) < 4.78 is 2.11. The molecule has 0 spiro atoms. The van der Waals surface area contributed by atoms with Crippen molar-refractivity contribution in [3.05, 3.63) is 0 Å². The van der Waals surface area contributed by atoms with Crippen molar-refractivity contribution in [2.24, 2.45) is 0 Å². The Morgan fingerprint density at radius 1 is 1.27 bits per heavy atom. The van der Waals surface area contributed by atoms with Gasteiger partial charge in [0.2, 0.25) is 0 Å². The van der Waals surface area contributed by atoms with Crippen LogP contribution in [0.2, 0.25) is 0 Å². The van der Waals surface area contributed by atoms with E-state index in [4.69, 9.17) is 0 Å². The number of nitrogens with one attached hydrogen (secondary N) is 1. The molecule has 0 atom stereocenters. The molecule has 0 aliphatic heterocycles. The summed E-state index contributed by atoms with van der Waals surface area (Å²) >= 11 is 4.31. The Bertz CT molecular complexity index is 147. The molecular formula is C7H12NO2S-. The number of amides is 1. The van der Waals surface area contributed by atoms with Crippen LogP contribution >= 0.6 is 0 Å². The summed E-state index contributed by atoms with van der Waals surface area (Å²) in [6.45, 7) is 1.55. The third kappa shape index (κ3) is 7.39. The van der Waals surface area contributed by atoms with Crippen LogP contribution in [-0.2, 0) is 22.4 Å². The molecule has 0 saturated carbocycles. The van der Waals surface area contributed by atoms with Gasteiger partial charge in [-0.25, -0.2) is 0 Å². The fourth-order valence-electron chi connectivity index (χ4n) is 0.711. The monoisotopic (exact) mass is 174 g/mol. The fourth-order valence-corrected chi connectivity index (χ4v) is 0.813. The third-order valence-corrected chi connectivity index (χ3v) is 1.52. The summed E-state index contributed by atoms with van der Waals surface area (Å²) in [5.74, 6) is 0.0346. The molecule has 0 aromatic rings. The zero-order valence-electron chi connectivity index (χ0n) is 6.55. The van der Waals surface area contributed by atoms with Crippen molar-refractivity contribution >= 4 is 24.5 Å². The van der Waals surface area contributed by atoms with Gasteiger partial charge < -0.3 is 22.3 Å². The normalized spacial score (nSPS) is 9.27. The Hall–Kier alpha value is -0.510. The highest BCUT2D eigenvalue weighted by Crippen LogP contribution is 1.99. The molecule has 0 fully saturated rings. The Morgan fingerprint density at radius 3 is 2.27 bits per heavy atom. The van der Waals surface area contributed by atoms with Crippen molar-refractivity contribution in [1.29, 1.82) is 0 Å². The van der Waals surface area contributed by atoms with Crippen molar-refractivity contribution in [3.8, 4) is 0 Å². The largest absolute Gasteiger partial charge is 0.668 e. The lowest BCUT2D eigenvalue weighted by molar-refractivity contribution is -0.120. The van der Waals surface area contributed by atoms with Gasteiger partial charge in [0.1, 0.15) is 5.78 Å². The zero-order valence-corrected chi connectivity index (χ0v) is 7.37. The van der Waals surface area contributed by atoms with E-state index in [0.29, 0.717) is 12.8 Å². The molecule has 11 heavy (non-hydrogen) atoms. The lowest BCUT2D eigenvalue weighted by Crippen LogP contribution is -2.15. The van der Waals surface area contributed by atoms with Gasteiger partial charge in [0.05, 0.1) is 0 Å². The number of hydrogen-bond donors (Lipinski definition) is 1. The molecule has 1 N–H and O–H groups in total. The van der Waals surface area contributed by atoms with Crippen LogP contribution in [0, 0.1) is 0 Å². The zero-order chi connectivity index (χ0) is 8.69. The van der Waals surface area contributed by atoms with Crippen LogP contribution in [0.4, 0.5) is 0 Å². The second kappa shape index (κ2) is 6.22. The molecule has 64 valence electrons. The van der Waals surface area contributed by atoms with Gasteiger partial charge in [-0.3, -0.25) is 4.79 Å². The Labute approximate surface area is 72.1 Å². The van der Waals surface area contributed by atoms with E-state index in [9.17, 15) is 9.59 Å². The number of hydrogen-bond acceptors (Lipinski definition) is 3. The first-order valence-electron chi connectivity index (χ1n) is 3.57. The number of rotatable bonds is 5. The molecule has 3 nitrogen and oxygen atoms in total. The van der Waals surface area contributed by atoms with Gasteiger partial charge in [-0.15, -0.1) is 0 Å². The van der Waals surface area contributed by atoms with E-state index < -0.39 is 0 Å². The minimum Gasteiger partial charge on any atom is -0.668 e. The smallest absolute Gasteiger partial charge is 0.198 e. The van der Waals surface area contributed by atoms with E-state index in [0.717, 1.165) is 12.8 Å². The summed E-state index contributed by atoms with van der Waals surface area (Å²) in [6.07, 6.45) is 2.50. The molecule has 0 rings (SSSR count). The van der Waals surface area contributed by atoms with Crippen LogP contribution in [0.25, 0.3) is 0 Å². The van der Waals surface area contributed by atoms with Crippen molar-refractivity contribution < 1.29 is 9.59 Å². The second-order valence-electron chi connectivity index (χ2n) is 2.43. The second-order valence-corrected chi connectivity index (χ2v) is 2.64. The van der Waals surface area contributed by atoms with Crippen LogP contribution in [0.15, 0.2) is 0 Å². The van der Waals surface area contributed by atoms with Gasteiger partial charge in [0.25, 0.3) is 0 Å². The lowest BCUT2D eigenvalue weighted by atomic mass is 10.1. The maximum Gasteiger partial charge on any atom is 0.198 e. The lowest BCUT2D eigenvalue weighted by Gasteiger charge is -2.06. The van der Waals surface area contributed by atoms with Gasteiger partial charge in [-0.2, -0.15) is 0 Å². The molecule has 0 aromatic carbocycles. The average Bonchev–Trinajstić information content (AvgIpc) is 1.97. The SMILES string of the molecule is CC(=O)CCCCC(=O)N[S-]. The first kappa shape index (κ1) is 10.5.